The minimum Gasteiger partial charge on any atom is -0.493 e. The van der Waals surface area contributed by atoms with Gasteiger partial charge in [-0.2, -0.15) is 26.3 Å². The number of halogens is 6. The van der Waals surface area contributed by atoms with Crippen LogP contribution in [-0.4, -0.2) is 130 Å². The highest BCUT2D eigenvalue weighted by atomic mass is 19.4. The van der Waals surface area contributed by atoms with Crippen molar-refractivity contribution in [3.63, 3.8) is 0 Å². The van der Waals surface area contributed by atoms with Crippen molar-refractivity contribution in [1.29, 1.82) is 0 Å². The highest BCUT2D eigenvalue weighted by Crippen LogP contribution is 2.40. The van der Waals surface area contributed by atoms with Crippen molar-refractivity contribution < 1.29 is 83.5 Å². The van der Waals surface area contributed by atoms with Gasteiger partial charge in [-0.3, -0.25) is 29.1 Å². The number of hydrogen-bond acceptors (Lipinski definition) is 18. The highest BCUT2D eigenvalue weighted by molar-refractivity contribution is 6.12. The number of urea groups is 3. The third kappa shape index (κ3) is 20.2. The fourth-order valence-corrected chi connectivity index (χ4v) is 12.0. The molecular weight excluding hydrogens is 1530 g/mol. The third-order valence-electron chi connectivity index (χ3n) is 18.5. The number of nitrogens with zero attached hydrogens (tertiary/aromatic N) is 9. The molecule has 3 aromatic heterocycles. The van der Waals surface area contributed by atoms with Gasteiger partial charge in [0.15, 0.2) is 34.5 Å². The molecule has 0 saturated heterocycles. The van der Waals surface area contributed by atoms with Crippen LogP contribution in [0.15, 0.2) is 177 Å². The molecule has 0 aliphatic heterocycles. The van der Waals surface area contributed by atoms with Crippen LogP contribution < -0.4 is 75.0 Å². The summed E-state index contributed by atoms with van der Waals surface area (Å²) >= 11 is 0. The Labute approximate surface area is 667 Å². The summed E-state index contributed by atoms with van der Waals surface area (Å²) in [6.07, 6.45) is -4.99. The van der Waals surface area contributed by atoms with Gasteiger partial charge < -0.3 is 60.3 Å². The number of hydrogen-bond donors (Lipinski definition) is 6. The van der Waals surface area contributed by atoms with Gasteiger partial charge in [-0.05, 0) is 171 Å². The molecule has 3 heterocycles. The molecule has 0 unspecified atom stereocenters. The number of aromatic nitrogens is 6. The monoisotopic (exact) mass is 1610 g/mol. The molecule has 33 heteroatoms. The lowest BCUT2D eigenvalue weighted by atomic mass is 9.97. The molecule has 27 nitrogen and oxygen atoms in total. The zero-order chi connectivity index (χ0) is 84.9. The molecule has 0 fully saturated rings. The van der Waals surface area contributed by atoms with Crippen LogP contribution in [0.5, 0.6) is 34.5 Å². The van der Waals surface area contributed by atoms with Gasteiger partial charge in [0.2, 0.25) is 0 Å². The number of nitrogens with one attached hydrogen (secondary N) is 6. The number of benzene rings is 9. The molecule has 0 aliphatic rings. The molecule has 0 atom stereocenters. The molecule has 606 valence electrons. The van der Waals surface area contributed by atoms with Crippen molar-refractivity contribution in [2.45, 2.75) is 59.8 Å². The molecule has 0 aliphatic carbocycles. The molecule has 0 radical (unpaired) electrons. The second-order valence-electron chi connectivity index (χ2n) is 26.6. The SMILES string of the molecule is COc1cc2ncnc(N(C)C(=O)Nc3cc(C(=O)Nc4ccc(C(C)C)c(C)c4)ccc3C)c2cc1OC.COc1cc2ncnc(N(C)C(=O)Nc3cc(C(=O)Nc4ccc(C(F)(F)F)cc4)ccc3C)c2cc1OC.COc1cc2ncnc(N(C)C(=O)Nc3cc(C(=O)Nc4cccc(C(F)(F)F)c4)ccc3C)c2cc1OC. The Morgan fingerprint density at radius 2 is 0.658 bits per heavy atom. The standard InChI is InChI=1S/C30H33N5O4.2C27H24F3N5O4/c1-17(2)22-11-10-21(12-19(22)4)33-29(36)20-9-8-18(3)24(13-20)34-30(37)35(5)28-23-14-26(38-6)27(39-7)15-25(23)31-16-32-28;1-15-5-6-16(25(36)33-18-9-7-17(8-10-18)27(28,29)30)11-20(15)34-26(37)35(2)24-19-12-22(38-3)23(39-4)13-21(19)31-14-32-24;1-15-8-9-16(25(36)33-18-7-5-6-17(11-18)27(28,29)30)10-20(15)34-26(37)35(2)24-19-12-22(38-3)23(39-4)13-21(19)31-14-32-24/h8-17H,1-7H3,(H,33,36)(H,34,37);2*5-14H,1-4H3,(H,33,36)(H,34,37). The maximum Gasteiger partial charge on any atom is 0.416 e. The predicted octanol–water partition coefficient (Wildman–Crippen LogP) is 18.1. The van der Waals surface area contributed by atoms with Gasteiger partial charge in [-0.1, -0.05) is 44.2 Å². The molecule has 9 aromatic carbocycles. The first-order valence-electron chi connectivity index (χ1n) is 35.6. The average molecular weight is 1610 g/mol. The first kappa shape index (κ1) is 85.0. The van der Waals surface area contributed by atoms with E-state index in [-0.39, 0.29) is 28.4 Å². The van der Waals surface area contributed by atoms with E-state index >= 15 is 0 Å². The summed E-state index contributed by atoms with van der Waals surface area (Å²) in [7, 11) is 13.7. The van der Waals surface area contributed by atoms with Gasteiger partial charge in [0, 0.05) is 106 Å². The van der Waals surface area contributed by atoms with Gasteiger partial charge in [0.25, 0.3) is 17.7 Å². The van der Waals surface area contributed by atoms with E-state index < -0.39 is 53.4 Å². The van der Waals surface area contributed by atoms with Crippen molar-refractivity contribution in [1.82, 2.24) is 29.9 Å². The Kier molecular flexibility index (Phi) is 26.6. The maximum absolute atomic E-state index is 13.3. The Morgan fingerprint density at radius 3 is 0.974 bits per heavy atom. The summed E-state index contributed by atoms with van der Waals surface area (Å²) in [6, 6.07) is 37.4. The van der Waals surface area contributed by atoms with Crippen LogP contribution in [0.1, 0.15) is 89.8 Å². The summed E-state index contributed by atoms with van der Waals surface area (Å²) in [5.74, 6) is 2.80. The molecule has 12 aromatic rings. The fourth-order valence-electron chi connectivity index (χ4n) is 12.0. The maximum atomic E-state index is 13.3. The van der Waals surface area contributed by atoms with E-state index in [0.717, 1.165) is 41.1 Å². The topological polar surface area (TPSA) is 317 Å². The lowest BCUT2D eigenvalue weighted by molar-refractivity contribution is -0.138. The molecule has 117 heavy (non-hydrogen) atoms. The zero-order valence-electron chi connectivity index (χ0n) is 66.0. The minimum absolute atomic E-state index is 0.0107. The Balaban J connectivity index is 0.000000185. The number of rotatable bonds is 19. The Bertz CT molecular complexity index is 5760. The number of methoxy groups -OCH3 is 6. The van der Waals surface area contributed by atoms with Gasteiger partial charge >= 0.3 is 30.4 Å². The summed E-state index contributed by atoms with van der Waals surface area (Å²) in [5.41, 5.74) is 7.36. The van der Waals surface area contributed by atoms with Crippen molar-refractivity contribution >= 4 is 120 Å². The molecule has 6 N–H and O–H groups in total. The predicted molar refractivity (Wildman–Crippen MR) is 436 cm³/mol. The van der Waals surface area contributed by atoms with Gasteiger partial charge in [0.1, 0.15) is 36.4 Å². The zero-order valence-corrected chi connectivity index (χ0v) is 66.0. The molecule has 9 amide bonds. The number of carbonyl (C=O) groups is 6. The number of fused-ring (bicyclic) bond motifs is 3. The summed E-state index contributed by atoms with van der Waals surface area (Å²) in [6.45, 7) is 11.7. The first-order valence-corrected chi connectivity index (χ1v) is 35.6. The van der Waals surface area contributed by atoms with E-state index in [2.05, 4.69) is 75.7 Å². The van der Waals surface area contributed by atoms with Crippen molar-refractivity contribution in [2.75, 3.05) is 110 Å². The number of ether oxygens (including phenoxy) is 6. The number of aryl methyl sites for hydroxylation is 4. The molecule has 0 spiro atoms. The Morgan fingerprint density at radius 1 is 0.342 bits per heavy atom. The molecule has 12 rings (SSSR count). The van der Waals surface area contributed by atoms with Crippen LogP contribution in [0.4, 0.5) is 92.3 Å². The minimum atomic E-state index is -4.54. The van der Waals surface area contributed by atoms with Gasteiger partial charge in [0.05, 0.1) is 70.3 Å². The molecule has 0 saturated carbocycles. The van der Waals surface area contributed by atoms with E-state index in [1.165, 1.54) is 131 Å². The lowest BCUT2D eigenvalue weighted by Gasteiger charge is -2.20. The normalized spacial score (nSPS) is 11.1. The van der Waals surface area contributed by atoms with Crippen LogP contribution in [0.25, 0.3) is 32.7 Å². The second kappa shape index (κ2) is 36.6. The van der Waals surface area contributed by atoms with Gasteiger partial charge in [-0.15, -0.1) is 0 Å². The van der Waals surface area contributed by atoms with Crippen LogP contribution in [-0.2, 0) is 12.4 Å². The first-order chi connectivity index (χ1) is 55.6. The van der Waals surface area contributed by atoms with Crippen LogP contribution in [0, 0.1) is 27.7 Å². The van der Waals surface area contributed by atoms with Crippen LogP contribution in [0.2, 0.25) is 0 Å². The van der Waals surface area contributed by atoms with Crippen molar-refractivity contribution in [3.05, 3.63) is 232 Å². The largest absolute Gasteiger partial charge is 0.493 e. The van der Waals surface area contributed by atoms with E-state index in [1.807, 2.05) is 32.0 Å². The van der Waals surface area contributed by atoms with Crippen molar-refractivity contribution in [3.8, 4) is 34.5 Å². The molecular formula is C84H81F6N15O12. The average Bonchev–Trinajstić information content (AvgIpc) is 0.789. The fraction of sp³-hybridized carbons (Fsp3) is 0.214. The second-order valence-corrected chi connectivity index (χ2v) is 26.6. The smallest absolute Gasteiger partial charge is 0.416 e. The quantitative estimate of drug-likeness (QED) is 0.0410. The van der Waals surface area contributed by atoms with E-state index in [0.29, 0.717) is 124 Å². The molecule has 0 bridgehead atoms. The van der Waals surface area contributed by atoms with E-state index in [1.54, 1.807) is 101 Å². The van der Waals surface area contributed by atoms with Crippen LogP contribution >= 0.6 is 0 Å². The summed E-state index contributed by atoms with van der Waals surface area (Å²) in [5, 5.41) is 18.1. The Hall–Kier alpha value is -14.4. The highest BCUT2D eigenvalue weighted by Gasteiger charge is 2.32. The van der Waals surface area contributed by atoms with Gasteiger partial charge in [-0.25, -0.2) is 44.3 Å². The number of carbonyl (C=O) groups excluding carboxylic acids is 6. The summed E-state index contributed by atoms with van der Waals surface area (Å²) in [4.78, 5) is 108. The number of anilines is 9. The lowest BCUT2D eigenvalue weighted by Crippen LogP contribution is -2.32. The number of alkyl halides is 6. The van der Waals surface area contributed by atoms with Crippen LogP contribution in [0.3, 0.4) is 0 Å². The van der Waals surface area contributed by atoms with E-state index in [4.69, 9.17) is 28.4 Å². The van der Waals surface area contributed by atoms with E-state index in [9.17, 15) is 55.1 Å². The third-order valence-corrected chi connectivity index (χ3v) is 18.5. The number of amides is 9. The summed E-state index contributed by atoms with van der Waals surface area (Å²) < 4.78 is 110. The van der Waals surface area contributed by atoms with Crippen molar-refractivity contribution in [2.24, 2.45) is 0 Å².